The van der Waals surface area contributed by atoms with Gasteiger partial charge in [0.05, 0.1) is 6.04 Å². The van der Waals surface area contributed by atoms with Crippen LogP contribution in [0.5, 0.6) is 0 Å². The molecule has 2 aromatic carbocycles. The number of benzene rings is 2. The van der Waals surface area contributed by atoms with Gasteiger partial charge in [0, 0.05) is 16.6 Å². The monoisotopic (exact) mass is 498 g/mol. The maximum Gasteiger partial charge on any atom is 0.410 e. The number of carbonyl (C=O) groups excluding carboxylic acids is 1. The molecule has 10 heteroatoms. The first kappa shape index (κ1) is 20.7. The van der Waals surface area contributed by atoms with E-state index in [0.717, 1.165) is 9.15 Å². The molecule has 4 rings (SSSR count). The fourth-order valence-electron chi connectivity index (χ4n) is 3.36. The van der Waals surface area contributed by atoms with Crippen LogP contribution >= 0.6 is 27.5 Å². The van der Waals surface area contributed by atoms with E-state index in [0.29, 0.717) is 11.3 Å². The lowest BCUT2D eigenvalue weighted by Crippen LogP contribution is -2.35. The van der Waals surface area contributed by atoms with Gasteiger partial charge in [0.2, 0.25) is 0 Å². The van der Waals surface area contributed by atoms with Crippen molar-refractivity contribution in [3.63, 3.8) is 0 Å². The number of anilines is 2. The first-order valence-electron chi connectivity index (χ1n) is 8.97. The second kappa shape index (κ2) is 7.96. The second-order valence-electron chi connectivity index (χ2n) is 6.82. The van der Waals surface area contributed by atoms with Crippen LogP contribution in [0.25, 0.3) is 0 Å². The highest BCUT2D eigenvalue weighted by Gasteiger charge is 2.47. The number of hydrogen-bond acceptors (Lipinski definition) is 3. The Morgan fingerprint density at radius 3 is 2.47 bits per heavy atom. The van der Waals surface area contributed by atoms with E-state index >= 15 is 0 Å². The number of rotatable bonds is 3. The summed E-state index contributed by atoms with van der Waals surface area (Å²) in [5, 5.41) is 9.38. The zero-order chi connectivity index (χ0) is 21.5. The zero-order valence-corrected chi connectivity index (χ0v) is 17.6. The molecular weight excluding hydrogens is 485 g/mol. The van der Waals surface area contributed by atoms with Gasteiger partial charge >= 0.3 is 6.18 Å². The van der Waals surface area contributed by atoms with E-state index in [4.69, 9.17) is 11.6 Å². The molecule has 0 bridgehead atoms. The van der Waals surface area contributed by atoms with Crippen LogP contribution < -0.4 is 10.6 Å². The molecule has 1 amide bonds. The van der Waals surface area contributed by atoms with Gasteiger partial charge < -0.3 is 10.6 Å². The molecule has 0 fully saturated rings. The van der Waals surface area contributed by atoms with Gasteiger partial charge in [0.25, 0.3) is 5.91 Å². The van der Waals surface area contributed by atoms with Gasteiger partial charge in [0.1, 0.15) is 10.8 Å². The number of nitrogens with zero attached hydrogens (tertiary/aromatic N) is 2. The van der Waals surface area contributed by atoms with Crippen molar-refractivity contribution >= 4 is 44.9 Å². The second-order valence-corrected chi connectivity index (χ2v) is 8.11. The molecule has 156 valence electrons. The normalized spacial score (nSPS) is 18.4. The lowest BCUT2D eigenvalue weighted by atomic mass is 9.97. The van der Waals surface area contributed by atoms with E-state index in [-0.39, 0.29) is 23.0 Å². The molecule has 30 heavy (non-hydrogen) atoms. The van der Waals surface area contributed by atoms with Crippen LogP contribution in [0, 0.1) is 0 Å². The van der Waals surface area contributed by atoms with Gasteiger partial charge in [-0.1, -0.05) is 57.9 Å². The topological polar surface area (TPSA) is 59.0 Å². The summed E-state index contributed by atoms with van der Waals surface area (Å²) in [5.41, 5.74) is 0.883. The maximum atomic E-state index is 13.8. The van der Waals surface area contributed by atoms with Crippen molar-refractivity contribution in [2.75, 3.05) is 10.6 Å². The summed E-state index contributed by atoms with van der Waals surface area (Å²) in [6.07, 6.45) is -4.83. The van der Waals surface area contributed by atoms with Crippen molar-refractivity contribution in [1.82, 2.24) is 9.78 Å². The first-order chi connectivity index (χ1) is 14.2. The Morgan fingerprint density at radius 2 is 1.83 bits per heavy atom. The molecule has 5 nitrogen and oxygen atoms in total. The molecule has 0 saturated heterocycles. The molecular formula is C20H15BrClF3N4O. The molecule has 1 aliphatic rings. The van der Waals surface area contributed by atoms with Crippen molar-refractivity contribution in [2.24, 2.45) is 0 Å². The summed E-state index contributed by atoms with van der Waals surface area (Å²) >= 11 is 9.61. The minimum absolute atomic E-state index is 0.0277. The molecule has 0 aliphatic carbocycles. The van der Waals surface area contributed by atoms with Gasteiger partial charge in [-0.05, 0) is 29.8 Å². The average molecular weight is 500 g/mol. The summed E-state index contributed by atoms with van der Waals surface area (Å²) < 4.78 is 43.0. The van der Waals surface area contributed by atoms with Gasteiger partial charge in [-0.25, -0.2) is 4.68 Å². The summed E-state index contributed by atoms with van der Waals surface area (Å²) in [5.74, 6) is -0.719. The third-order valence-corrected chi connectivity index (χ3v) is 5.70. The molecule has 0 unspecified atom stereocenters. The van der Waals surface area contributed by atoms with E-state index in [2.05, 4.69) is 31.7 Å². The molecule has 2 atom stereocenters. The highest BCUT2D eigenvalue weighted by molar-refractivity contribution is 9.10. The average Bonchev–Trinajstić information content (AvgIpc) is 3.05. The van der Waals surface area contributed by atoms with E-state index < -0.39 is 24.2 Å². The molecule has 2 N–H and O–H groups in total. The van der Waals surface area contributed by atoms with Crippen molar-refractivity contribution in [3.8, 4) is 0 Å². The number of aromatic nitrogens is 2. The minimum Gasteiger partial charge on any atom is -0.362 e. The molecule has 0 radical (unpaired) electrons. The Labute approximate surface area is 183 Å². The van der Waals surface area contributed by atoms with Crippen LogP contribution in [-0.2, 0) is 0 Å². The van der Waals surface area contributed by atoms with Gasteiger partial charge in [-0.2, -0.15) is 18.3 Å². The highest BCUT2D eigenvalue weighted by Crippen LogP contribution is 2.46. The molecule has 0 saturated carbocycles. The van der Waals surface area contributed by atoms with Crippen molar-refractivity contribution in [1.29, 1.82) is 0 Å². The fraction of sp³-hybridized carbons (Fsp3) is 0.200. The lowest BCUT2D eigenvalue weighted by Gasteiger charge is -2.33. The highest BCUT2D eigenvalue weighted by atomic mass is 79.9. The number of fused-ring (bicyclic) bond motifs is 1. The third kappa shape index (κ3) is 4.04. The largest absolute Gasteiger partial charge is 0.410 e. The van der Waals surface area contributed by atoms with Crippen LogP contribution in [-0.4, -0.2) is 21.9 Å². The molecule has 2 heterocycles. The molecule has 3 aromatic rings. The Bertz CT molecular complexity index is 1070. The van der Waals surface area contributed by atoms with E-state index in [1.807, 2.05) is 0 Å². The lowest BCUT2D eigenvalue weighted by molar-refractivity contribution is -0.173. The Balaban J connectivity index is 1.69. The Morgan fingerprint density at radius 1 is 1.17 bits per heavy atom. The van der Waals surface area contributed by atoms with Gasteiger partial charge in [-0.15, -0.1) is 0 Å². The van der Waals surface area contributed by atoms with Crippen LogP contribution in [0.4, 0.5) is 24.7 Å². The molecule has 0 spiro atoms. The number of carbonyl (C=O) groups is 1. The number of halogens is 5. The fourth-order valence-corrected chi connectivity index (χ4v) is 3.89. The summed E-state index contributed by atoms with van der Waals surface area (Å²) in [6, 6.07) is 13.0. The number of alkyl halides is 3. The molecule has 1 aliphatic heterocycles. The Kier molecular flexibility index (Phi) is 5.50. The minimum atomic E-state index is -4.56. The standard InChI is InChI=1S/C20H15BrClF3N4O/c21-12-6-8-13(9-7-12)26-19(30)17-16(22)18-27-14(11-4-2-1-3-5-11)10-15(20(23,24)25)29(18)28-17/h1-9,14-15,27H,10H2,(H,26,30)/t14-,15-/m1/s1. The smallest absolute Gasteiger partial charge is 0.362 e. The van der Waals surface area contributed by atoms with E-state index in [1.54, 1.807) is 54.6 Å². The van der Waals surface area contributed by atoms with Crippen LogP contribution in [0.2, 0.25) is 5.02 Å². The first-order valence-corrected chi connectivity index (χ1v) is 10.1. The van der Waals surface area contributed by atoms with Crippen LogP contribution in [0.15, 0.2) is 59.1 Å². The summed E-state index contributed by atoms with van der Waals surface area (Å²) in [7, 11) is 0. The summed E-state index contributed by atoms with van der Waals surface area (Å²) in [6.45, 7) is 0. The summed E-state index contributed by atoms with van der Waals surface area (Å²) in [4.78, 5) is 12.7. The van der Waals surface area contributed by atoms with Crippen molar-refractivity contribution in [3.05, 3.63) is 75.4 Å². The quantitative estimate of drug-likeness (QED) is 0.450. The number of hydrogen-bond donors (Lipinski definition) is 2. The van der Waals surface area contributed by atoms with E-state index in [1.165, 1.54) is 0 Å². The predicted octanol–water partition coefficient (Wildman–Crippen LogP) is 6.21. The molecule has 1 aromatic heterocycles. The van der Waals surface area contributed by atoms with Crippen molar-refractivity contribution in [2.45, 2.75) is 24.7 Å². The van der Waals surface area contributed by atoms with Crippen LogP contribution in [0.1, 0.15) is 34.6 Å². The van der Waals surface area contributed by atoms with Gasteiger partial charge in [0.15, 0.2) is 11.7 Å². The number of nitrogens with one attached hydrogen (secondary N) is 2. The maximum absolute atomic E-state index is 13.8. The van der Waals surface area contributed by atoms with Crippen LogP contribution in [0.3, 0.4) is 0 Å². The SMILES string of the molecule is O=C(Nc1ccc(Br)cc1)c1nn2c(c1Cl)N[C@@H](c1ccccc1)C[C@@H]2C(F)(F)F. The predicted molar refractivity (Wildman–Crippen MR) is 112 cm³/mol. The van der Waals surface area contributed by atoms with Crippen molar-refractivity contribution < 1.29 is 18.0 Å². The van der Waals surface area contributed by atoms with E-state index in [9.17, 15) is 18.0 Å². The zero-order valence-electron chi connectivity index (χ0n) is 15.3. The van der Waals surface area contributed by atoms with Gasteiger partial charge in [-0.3, -0.25) is 4.79 Å². The Hall–Kier alpha value is -2.52. The third-order valence-electron chi connectivity index (χ3n) is 4.81. The number of amides is 1.